The van der Waals surface area contributed by atoms with Crippen molar-refractivity contribution in [3.8, 4) is 0 Å². The highest BCUT2D eigenvalue weighted by atomic mass is 35.5. The molecule has 2 heterocycles. The maximum atomic E-state index is 13.6. The van der Waals surface area contributed by atoms with E-state index in [0.29, 0.717) is 38.5 Å². The summed E-state index contributed by atoms with van der Waals surface area (Å²) in [5.74, 6) is -0.296. The standard InChI is InChI=1S/C28H42ClN3O4/c1-18(2)23(30-24(33)20-12-14-31(16-20)26(35)36-27(3,4)5)25(34)32-15-13-22(28(6,7)17-32)19-8-10-21(29)11-9-19/h8-11,18,20,22-23H,12-17H2,1-7H3,(H,30,33)/t20-,22?,23-/m1/s1. The Hall–Kier alpha value is -2.28. The van der Waals surface area contributed by atoms with Gasteiger partial charge in [0.05, 0.1) is 5.92 Å². The van der Waals surface area contributed by atoms with E-state index in [2.05, 4.69) is 31.3 Å². The van der Waals surface area contributed by atoms with Crippen LogP contribution in [-0.2, 0) is 14.3 Å². The third kappa shape index (κ3) is 6.93. The smallest absolute Gasteiger partial charge is 0.410 e. The summed E-state index contributed by atoms with van der Waals surface area (Å²) in [4.78, 5) is 42.6. The van der Waals surface area contributed by atoms with Crippen molar-refractivity contribution in [3.05, 3.63) is 34.9 Å². The van der Waals surface area contributed by atoms with Gasteiger partial charge >= 0.3 is 6.09 Å². The first kappa shape index (κ1) is 28.3. The first-order valence-corrected chi connectivity index (χ1v) is 13.4. The number of hydrogen-bond acceptors (Lipinski definition) is 4. The van der Waals surface area contributed by atoms with Crippen LogP contribution in [0.15, 0.2) is 24.3 Å². The highest BCUT2D eigenvalue weighted by Gasteiger charge is 2.41. The highest BCUT2D eigenvalue weighted by Crippen LogP contribution is 2.42. The van der Waals surface area contributed by atoms with Gasteiger partial charge in [-0.05, 0) is 68.6 Å². The molecule has 1 N–H and O–H groups in total. The van der Waals surface area contributed by atoms with Crippen LogP contribution < -0.4 is 5.32 Å². The molecule has 0 radical (unpaired) electrons. The zero-order valence-corrected chi connectivity index (χ0v) is 23.5. The van der Waals surface area contributed by atoms with E-state index in [1.165, 1.54) is 5.56 Å². The first-order chi connectivity index (χ1) is 16.7. The van der Waals surface area contributed by atoms with Crippen LogP contribution in [0, 0.1) is 17.3 Å². The molecule has 1 aromatic rings. The first-order valence-electron chi connectivity index (χ1n) is 13.0. The fourth-order valence-corrected chi connectivity index (χ4v) is 5.43. The Bertz CT molecular complexity index is 955. The van der Waals surface area contributed by atoms with Crippen molar-refractivity contribution >= 4 is 29.5 Å². The summed E-state index contributed by atoms with van der Waals surface area (Å²) >= 11 is 6.08. The van der Waals surface area contributed by atoms with Crippen molar-refractivity contribution < 1.29 is 19.1 Å². The number of halogens is 1. The molecule has 7 nitrogen and oxygen atoms in total. The zero-order valence-electron chi connectivity index (χ0n) is 22.8. The minimum absolute atomic E-state index is 0.0389. The Kier molecular flexibility index (Phi) is 8.64. The summed E-state index contributed by atoms with van der Waals surface area (Å²) in [7, 11) is 0. The topological polar surface area (TPSA) is 79.0 Å². The summed E-state index contributed by atoms with van der Waals surface area (Å²) < 4.78 is 5.44. The van der Waals surface area contributed by atoms with Gasteiger partial charge in [-0.3, -0.25) is 9.59 Å². The Labute approximate surface area is 220 Å². The predicted octanol–water partition coefficient (Wildman–Crippen LogP) is 5.08. The van der Waals surface area contributed by atoms with Gasteiger partial charge in [0, 0.05) is 31.2 Å². The number of nitrogens with one attached hydrogen (secondary N) is 1. The molecule has 3 rings (SSSR count). The lowest BCUT2D eigenvalue weighted by Crippen LogP contribution is -2.56. The fraction of sp³-hybridized carbons (Fsp3) is 0.679. The van der Waals surface area contributed by atoms with Gasteiger partial charge in [-0.15, -0.1) is 0 Å². The Morgan fingerprint density at radius 2 is 1.67 bits per heavy atom. The number of carbonyl (C=O) groups is 3. The van der Waals surface area contributed by atoms with Crippen LogP contribution in [-0.4, -0.2) is 65.5 Å². The van der Waals surface area contributed by atoms with Crippen LogP contribution in [0.1, 0.15) is 72.8 Å². The Morgan fingerprint density at radius 3 is 2.22 bits per heavy atom. The molecule has 3 atom stereocenters. The zero-order chi connectivity index (χ0) is 26.8. The number of carbonyl (C=O) groups excluding carboxylic acids is 3. The van der Waals surface area contributed by atoms with E-state index in [9.17, 15) is 14.4 Å². The van der Waals surface area contributed by atoms with Gasteiger partial charge in [-0.25, -0.2) is 4.79 Å². The predicted molar refractivity (Wildman–Crippen MR) is 142 cm³/mol. The molecule has 36 heavy (non-hydrogen) atoms. The lowest BCUT2D eigenvalue weighted by molar-refractivity contribution is -0.141. The lowest BCUT2D eigenvalue weighted by atomic mass is 9.70. The van der Waals surface area contributed by atoms with Crippen molar-refractivity contribution in [2.75, 3.05) is 26.2 Å². The number of nitrogens with zero attached hydrogens (tertiary/aromatic N) is 2. The molecular formula is C28H42ClN3O4. The number of rotatable bonds is 5. The summed E-state index contributed by atoms with van der Waals surface area (Å²) in [6.45, 7) is 15.8. The van der Waals surface area contributed by atoms with E-state index in [1.807, 2.05) is 51.7 Å². The van der Waals surface area contributed by atoms with Gasteiger partial charge in [-0.2, -0.15) is 0 Å². The van der Waals surface area contributed by atoms with Crippen molar-refractivity contribution in [1.29, 1.82) is 0 Å². The van der Waals surface area contributed by atoms with Gasteiger partial charge in [0.2, 0.25) is 11.8 Å². The van der Waals surface area contributed by atoms with Gasteiger partial charge in [0.15, 0.2) is 0 Å². The van der Waals surface area contributed by atoms with E-state index in [0.717, 1.165) is 11.4 Å². The maximum absolute atomic E-state index is 13.6. The van der Waals surface area contributed by atoms with Gasteiger partial charge in [0.25, 0.3) is 0 Å². The number of likely N-dealkylation sites (tertiary alicyclic amines) is 2. The van der Waals surface area contributed by atoms with Crippen molar-refractivity contribution in [2.45, 2.75) is 78.9 Å². The van der Waals surface area contributed by atoms with Crippen molar-refractivity contribution in [2.24, 2.45) is 17.3 Å². The van der Waals surface area contributed by atoms with Gasteiger partial charge in [-0.1, -0.05) is 51.4 Å². The number of amides is 3. The molecule has 2 fully saturated rings. The van der Waals surface area contributed by atoms with Crippen LogP contribution in [0.3, 0.4) is 0 Å². The molecule has 2 aliphatic rings. The van der Waals surface area contributed by atoms with E-state index in [1.54, 1.807) is 4.90 Å². The molecule has 0 bridgehead atoms. The third-order valence-corrected chi connectivity index (χ3v) is 7.51. The molecule has 8 heteroatoms. The number of ether oxygens (including phenoxy) is 1. The van der Waals surface area contributed by atoms with Crippen LogP contribution >= 0.6 is 11.6 Å². The summed E-state index contributed by atoms with van der Waals surface area (Å²) in [5, 5.41) is 3.73. The maximum Gasteiger partial charge on any atom is 0.410 e. The molecule has 3 amide bonds. The molecule has 2 saturated heterocycles. The van der Waals surface area contributed by atoms with Crippen molar-refractivity contribution in [1.82, 2.24) is 15.1 Å². The Balaban J connectivity index is 1.62. The minimum Gasteiger partial charge on any atom is -0.444 e. The number of hydrogen-bond donors (Lipinski definition) is 1. The molecular weight excluding hydrogens is 478 g/mol. The second-order valence-corrected chi connectivity index (χ2v) is 12.7. The average Bonchev–Trinajstić information content (AvgIpc) is 3.26. The molecule has 1 unspecified atom stereocenters. The molecule has 0 saturated carbocycles. The van der Waals surface area contributed by atoms with Gasteiger partial charge < -0.3 is 19.9 Å². The average molecular weight is 520 g/mol. The molecule has 1 aromatic carbocycles. The van der Waals surface area contributed by atoms with Crippen molar-refractivity contribution in [3.63, 3.8) is 0 Å². The summed E-state index contributed by atoms with van der Waals surface area (Å²) in [6.07, 6.45) is 1.01. The van der Waals surface area contributed by atoms with Gasteiger partial charge in [0.1, 0.15) is 11.6 Å². The van der Waals surface area contributed by atoms with Crippen LogP contribution in [0.2, 0.25) is 5.02 Å². The van der Waals surface area contributed by atoms with Crippen LogP contribution in [0.5, 0.6) is 0 Å². The molecule has 0 aromatic heterocycles. The monoisotopic (exact) mass is 519 g/mol. The summed E-state index contributed by atoms with van der Waals surface area (Å²) in [6, 6.07) is 7.39. The van der Waals surface area contributed by atoms with E-state index >= 15 is 0 Å². The minimum atomic E-state index is -0.601. The largest absolute Gasteiger partial charge is 0.444 e. The molecule has 2 aliphatic heterocycles. The Morgan fingerprint density at radius 1 is 1.06 bits per heavy atom. The van der Waals surface area contributed by atoms with E-state index < -0.39 is 17.7 Å². The summed E-state index contributed by atoms with van der Waals surface area (Å²) in [5.41, 5.74) is 0.537. The second-order valence-electron chi connectivity index (χ2n) is 12.3. The highest BCUT2D eigenvalue weighted by molar-refractivity contribution is 6.30. The number of benzene rings is 1. The number of piperidine rings is 1. The molecule has 0 spiro atoms. The van der Waals surface area contributed by atoms with E-state index in [4.69, 9.17) is 16.3 Å². The third-order valence-electron chi connectivity index (χ3n) is 7.25. The van der Waals surface area contributed by atoms with E-state index in [-0.39, 0.29) is 29.1 Å². The quantitative estimate of drug-likeness (QED) is 0.588. The SMILES string of the molecule is CC(C)[C@@H](NC(=O)[C@@H]1CCN(C(=O)OC(C)(C)C)C1)C(=O)N1CCC(c2ccc(Cl)cc2)C(C)(C)C1. The van der Waals surface area contributed by atoms with Crippen LogP contribution in [0.25, 0.3) is 0 Å². The van der Waals surface area contributed by atoms with Crippen LogP contribution in [0.4, 0.5) is 4.79 Å². The molecule has 0 aliphatic carbocycles. The normalized spacial score (nSPS) is 22.9. The lowest BCUT2D eigenvalue weighted by Gasteiger charge is -2.45. The fourth-order valence-electron chi connectivity index (χ4n) is 5.31. The second kappa shape index (κ2) is 11.0. The molecule has 200 valence electrons.